The molecule has 3 fully saturated rings. The number of carbonyl (C=O) groups is 1. The number of benzene rings is 1. The minimum Gasteiger partial charge on any atom is -0.297 e. The van der Waals surface area contributed by atoms with Gasteiger partial charge in [0.15, 0.2) is 5.78 Å². The van der Waals surface area contributed by atoms with Gasteiger partial charge >= 0.3 is 0 Å². The summed E-state index contributed by atoms with van der Waals surface area (Å²) in [7, 11) is 0. The van der Waals surface area contributed by atoms with Gasteiger partial charge in [0.05, 0.1) is 5.54 Å². The average molecular weight is 257 g/mol. The Morgan fingerprint density at radius 2 is 1.89 bits per heavy atom. The van der Waals surface area contributed by atoms with Crippen molar-refractivity contribution in [2.45, 2.75) is 44.6 Å². The molecule has 0 aliphatic carbocycles. The topological polar surface area (TPSA) is 20.3 Å². The maximum atomic E-state index is 12.9. The molecule has 1 aromatic carbocycles. The van der Waals surface area contributed by atoms with E-state index in [-0.39, 0.29) is 5.54 Å². The lowest BCUT2D eigenvalue weighted by molar-refractivity contribution is -0.148. The number of hydrogen-bond donors (Lipinski definition) is 0. The Morgan fingerprint density at radius 1 is 1.21 bits per heavy atom. The summed E-state index contributed by atoms with van der Waals surface area (Å²) < 4.78 is 0. The normalized spacial score (nSPS) is 33.6. The van der Waals surface area contributed by atoms with Crippen molar-refractivity contribution in [2.24, 2.45) is 5.92 Å². The van der Waals surface area contributed by atoms with Crippen LogP contribution in [0.5, 0.6) is 0 Å². The fourth-order valence-electron chi connectivity index (χ4n) is 4.02. The van der Waals surface area contributed by atoms with E-state index in [2.05, 4.69) is 36.1 Å². The van der Waals surface area contributed by atoms with Gasteiger partial charge in [-0.25, -0.2) is 0 Å². The third-order valence-corrected chi connectivity index (χ3v) is 4.93. The largest absolute Gasteiger partial charge is 0.297 e. The van der Waals surface area contributed by atoms with E-state index in [1.54, 1.807) is 0 Å². The average Bonchev–Trinajstić information content (AvgIpc) is 2.46. The van der Waals surface area contributed by atoms with Crippen molar-refractivity contribution in [1.29, 1.82) is 0 Å². The molecule has 0 amide bonds. The van der Waals surface area contributed by atoms with Crippen LogP contribution in [-0.2, 0) is 11.2 Å². The van der Waals surface area contributed by atoms with Crippen LogP contribution in [0.2, 0.25) is 0 Å². The Hall–Kier alpha value is -1.15. The second-order valence-electron chi connectivity index (χ2n) is 6.07. The van der Waals surface area contributed by atoms with Crippen molar-refractivity contribution >= 4 is 5.78 Å². The molecule has 4 rings (SSSR count). The quantitative estimate of drug-likeness (QED) is 0.826. The van der Waals surface area contributed by atoms with Crippen LogP contribution in [0, 0.1) is 5.92 Å². The monoisotopic (exact) mass is 257 g/mol. The SMILES string of the molecule is CCC[C@]1(Cc2ccccc2)C(=O)C2CCN1CC2. The zero-order chi connectivity index (χ0) is 13.3. The van der Waals surface area contributed by atoms with Gasteiger partial charge in [0.2, 0.25) is 0 Å². The highest BCUT2D eigenvalue weighted by Crippen LogP contribution is 2.41. The molecule has 0 spiro atoms. The summed E-state index contributed by atoms with van der Waals surface area (Å²) in [4.78, 5) is 15.3. The minimum absolute atomic E-state index is 0.197. The van der Waals surface area contributed by atoms with Gasteiger partial charge in [0.1, 0.15) is 0 Å². The Kier molecular flexibility index (Phi) is 3.44. The van der Waals surface area contributed by atoms with Crippen LogP contribution in [0.25, 0.3) is 0 Å². The molecular formula is C17H23NO. The van der Waals surface area contributed by atoms with Crippen LogP contribution in [0.4, 0.5) is 0 Å². The fourth-order valence-corrected chi connectivity index (χ4v) is 4.02. The maximum Gasteiger partial charge on any atom is 0.156 e. The molecule has 3 aliphatic rings. The van der Waals surface area contributed by atoms with Gasteiger partial charge in [-0.05, 0) is 44.3 Å². The molecule has 0 unspecified atom stereocenters. The molecule has 102 valence electrons. The zero-order valence-electron chi connectivity index (χ0n) is 11.8. The van der Waals surface area contributed by atoms with Gasteiger partial charge < -0.3 is 0 Å². The number of hydrogen-bond acceptors (Lipinski definition) is 2. The van der Waals surface area contributed by atoms with Gasteiger partial charge in [-0.2, -0.15) is 0 Å². The molecule has 0 N–H and O–H groups in total. The van der Waals surface area contributed by atoms with Crippen LogP contribution in [0.3, 0.4) is 0 Å². The standard InChI is InChI=1S/C17H23NO/c1-2-10-17(13-14-6-4-3-5-7-14)16(19)15-8-11-18(17)12-9-15/h3-7,15H,2,8-13H2,1H3/t17-/m0/s1. The van der Waals surface area contributed by atoms with Crippen molar-refractivity contribution in [3.8, 4) is 0 Å². The molecule has 2 bridgehead atoms. The lowest BCUT2D eigenvalue weighted by Gasteiger charge is -2.53. The number of ketones is 1. The highest BCUT2D eigenvalue weighted by Gasteiger charge is 2.51. The van der Waals surface area contributed by atoms with Crippen LogP contribution in [-0.4, -0.2) is 29.3 Å². The molecule has 0 aromatic heterocycles. The number of piperidine rings is 3. The number of Topliss-reactive ketones (excluding diaryl/α,β-unsaturated/α-hetero) is 1. The summed E-state index contributed by atoms with van der Waals surface area (Å²) in [6.07, 6.45) is 5.16. The number of rotatable bonds is 4. The van der Waals surface area contributed by atoms with Crippen molar-refractivity contribution in [2.75, 3.05) is 13.1 Å². The molecule has 3 aliphatic heterocycles. The first kappa shape index (κ1) is 12.9. The van der Waals surface area contributed by atoms with Crippen molar-refractivity contribution < 1.29 is 4.79 Å². The first-order valence-electron chi connectivity index (χ1n) is 7.59. The van der Waals surface area contributed by atoms with E-state index in [1.807, 2.05) is 6.07 Å². The van der Waals surface area contributed by atoms with Gasteiger partial charge in [0, 0.05) is 5.92 Å². The number of nitrogens with zero attached hydrogens (tertiary/aromatic N) is 1. The van der Waals surface area contributed by atoms with E-state index >= 15 is 0 Å². The summed E-state index contributed by atoms with van der Waals surface area (Å²) in [5.41, 5.74) is 1.11. The third kappa shape index (κ3) is 2.12. The molecule has 1 atom stereocenters. The van der Waals surface area contributed by atoms with Gasteiger partial charge in [-0.1, -0.05) is 43.7 Å². The minimum atomic E-state index is -0.197. The van der Waals surface area contributed by atoms with Crippen molar-refractivity contribution in [3.05, 3.63) is 35.9 Å². The van der Waals surface area contributed by atoms with Crippen LogP contribution >= 0.6 is 0 Å². The third-order valence-electron chi connectivity index (χ3n) is 4.93. The van der Waals surface area contributed by atoms with E-state index in [9.17, 15) is 4.79 Å². The second-order valence-corrected chi connectivity index (χ2v) is 6.07. The van der Waals surface area contributed by atoms with Crippen LogP contribution in [0.15, 0.2) is 30.3 Å². The highest BCUT2D eigenvalue weighted by atomic mass is 16.1. The second kappa shape index (κ2) is 5.09. The Bertz CT molecular complexity index is 448. The molecular weight excluding hydrogens is 234 g/mol. The maximum absolute atomic E-state index is 12.9. The fraction of sp³-hybridized carbons (Fsp3) is 0.588. The summed E-state index contributed by atoms with van der Waals surface area (Å²) in [5.74, 6) is 0.857. The van der Waals surface area contributed by atoms with Gasteiger partial charge in [-0.3, -0.25) is 9.69 Å². The Morgan fingerprint density at radius 3 is 2.47 bits per heavy atom. The summed E-state index contributed by atoms with van der Waals surface area (Å²) >= 11 is 0. The molecule has 3 saturated heterocycles. The van der Waals surface area contributed by atoms with E-state index in [4.69, 9.17) is 0 Å². The van der Waals surface area contributed by atoms with E-state index in [0.29, 0.717) is 11.7 Å². The Balaban J connectivity index is 1.92. The predicted octanol–water partition coefficient (Wildman–Crippen LogP) is 3.06. The lowest BCUT2D eigenvalue weighted by Crippen LogP contribution is -2.65. The van der Waals surface area contributed by atoms with Gasteiger partial charge in [-0.15, -0.1) is 0 Å². The molecule has 19 heavy (non-hydrogen) atoms. The summed E-state index contributed by atoms with van der Waals surface area (Å²) in [6.45, 7) is 4.43. The molecule has 0 radical (unpaired) electrons. The van der Waals surface area contributed by atoms with Crippen LogP contribution < -0.4 is 0 Å². The van der Waals surface area contributed by atoms with E-state index in [0.717, 1.165) is 45.2 Å². The van der Waals surface area contributed by atoms with Crippen LogP contribution in [0.1, 0.15) is 38.2 Å². The lowest BCUT2D eigenvalue weighted by atomic mass is 9.68. The van der Waals surface area contributed by atoms with Gasteiger partial charge in [0.25, 0.3) is 0 Å². The number of carbonyl (C=O) groups excluding carboxylic acids is 1. The summed E-state index contributed by atoms with van der Waals surface area (Å²) in [5, 5.41) is 0. The predicted molar refractivity (Wildman–Crippen MR) is 77.1 cm³/mol. The zero-order valence-corrected chi connectivity index (χ0v) is 11.8. The van der Waals surface area contributed by atoms with E-state index in [1.165, 1.54) is 5.56 Å². The molecule has 1 aromatic rings. The van der Waals surface area contributed by atoms with E-state index < -0.39 is 0 Å². The molecule has 3 heterocycles. The summed E-state index contributed by atoms with van der Waals surface area (Å²) in [6, 6.07) is 10.5. The first-order chi connectivity index (χ1) is 9.26. The highest BCUT2D eigenvalue weighted by molar-refractivity contribution is 5.92. The molecule has 2 heteroatoms. The van der Waals surface area contributed by atoms with Crippen molar-refractivity contribution in [1.82, 2.24) is 4.90 Å². The first-order valence-corrected chi connectivity index (χ1v) is 7.59. The number of fused-ring (bicyclic) bond motifs is 3. The molecule has 0 saturated carbocycles. The molecule has 2 nitrogen and oxygen atoms in total. The Labute approximate surface area is 115 Å². The van der Waals surface area contributed by atoms with Crippen molar-refractivity contribution in [3.63, 3.8) is 0 Å². The smallest absolute Gasteiger partial charge is 0.156 e.